The number of alkyl halides is 3. The molecule has 0 aromatic heterocycles. The fourth-order valence-electron chi connectivity index (χ4n) is 4.83. The predicted molar refractivity (Wildman–Crippen MR) is 150 cm³/mol. The summed E-state index contributed by atoms with van der Waals surface area (Å²) >= 11 is 0. The van der Waals surface area contributed by atoms with Crippen molar-refractivity contribution < 1.29 is 37.3 Å². The van der Waals surface area contributed by atoms with Gasteiger partial charge in [-0.05, 0) is 83.5 Å². The molecule has 0 heterocycles. The van der Waals surface area contributed by atoms with E-state index in [1.807, 2.05) is 6.08 Å². The predicted octanol–water partition coefficient (Wildman–Crippen LogP) is 7.46. The van der Waals surface area contributed by atoms with Crippen LogP contribution in [0.15, 0.2) is 72.8 Å². The summed E-state index contributed by atoms with van der Waals surface area (Å²) in [4.78, 5) is 23.0. The number of hydrogen-bond acceptors (Lipinski definition) is 4. The molecule has 4 rings (SSSR count). The Morgan fingerprint density at radius 3 is 2.07 bits per heavy atom. The Balaban J connectivity index is 1.51. The van der Waals surface area contributed by atoms with Gasteiger partial charge in [0.15, 0.2) is 0 Å². The van der Waals surface area contributed by atoms with Gasteiger partial charge in [-0.15, -0.1) is 13.2 Å². The number of rotatable bonds is 11. The van der Waals surface area contributed by atoms with Gasteiger partial charge in [0.2, 0.25) is 0 Å². The number of carbonyl (C=O) groups is 2. The van der Waals surface area contributed by atoms with Crippen molar-refractivity contribution in [3.8, 4) is 11.5 Å². The highest BCUT2D eigenvalue weighted by molar-refractivity contribution is 5.94. The number of carbonyl (C=O) groups excluding carboxylic acids is 1. The van der Waals surface area contributed by atoms with Crippen LogP contribution in [0.4, 0.5) is 13.2 Å². The van der Waals surface area contributed by atoms with Gasteiger partial charge >= 0.3 is 12.3 Å². The molecule has 0 bridgehead atoms. The molecule has 0 spiro atoms. The van der Waals surface area contributed by atoms with Gasteiger partial charge < -0.3 is 19.9 Å². The zero-order chi connectivity index (χ0) is 29.2. The molecule has 216 valence electrons. The minimum absolute atomic E-state index is 0.0392. The fourth-order valence-corrected chi connectivity index (χ4v) is 4.83. The molecule has 0 aliphatic heterocycles. The van der Waals surface area contributed by atoms with E-state index in [1.165, 1.54) is 61.9 Å². The van der Waals surface area contributed by atoms with Crippen LogP contribution in [0.5, 0.6) is 11.5 Å². The highest BCUT2D eigenvalue weighted by Gasteiger charge is 2.31. The largest absolute Gasteiger partial charge is 0.573 e. The van der Waals surface area contributed by atoms with Crippen LogP contribution >= 0.6 is 0 Å². The number of ether oxygens (including phenoxy) is 2. The number of halogens is 3. The summed E-state index contributed by atoms with van der Waals surface area (Å²) in [5, 5.41) is 11.3. The average Bonchev–Trinajstić information content (AvgIpc) is 2.96. The Labute approximate surface area is 236 Å². The van der Waals surface area contributed by atoms with Crippen LogP contribution < -0.4 is 14.8 Å². The standard InChI is InChI=1S/C32H32F3NO5/c33-32(34,35)41-29-16-14-28(15-17-29)40-21-27(25-12-10-24(11-13-25)23-4-2-1-3-5-23)20-22-6-8-26(9-7-22)31(39)36-19-18-30(37)38/h6-17,20,23H,1-5,18-19,21H2,(H,36,39)(H,37,38)/b27-20-. The molecule has 1 fully saturated rings. The fraction of sp³-hybridized carbons (Fsp3) is 0.312. The maximum Gasteiger partial charge on any atom is 0.573 e. The van der Waals surface area contributed by atoms with Gasteiger partial charge in [-0.2, -0.15) is 0 Å². The molecule has 0 unspecified atom stereocenters. The van der Waals surface area contributed by atoms with Crippen molar-refractivity contribution in [1.82, 2.24) is 5.32 Å². The van der Waals surface area contributed by atoms with Crippen molar-refractivity contribution in [2.45, 2.75) is 50.8 Å². The Morgan fingerprint density at radius 1 is 0.854 bits per heavy atom. The number of carboxylic acids is 1. The molecule has 0 saturated heterocycles. The van der Waals surface area contributed by atoms with E-state index in [4.69, 9.17) is 9.84 Å². The summed E-state index contributed by atoms with van der Waals surface area (Å²) in [6.07, 6.45) is 3.15. The lowest BCUT2D eigenvalue weighted by molar-refractivity contribution is -0.274. The Bertz CT molecular complexity index is 1330. The summed E-state index contributed by atoms with van der Waals surface area (Å²) < 4.78 is 47.3. The minimum atomic E-state index is -4.77. The van der Waals surface area contributed by atoms with Gasteiger partial charge in [-0.1, -0.05) is 55.7 Å². The Hall–Kier alpha value is -4.27. The van der Waals surface area contributed by atoms with Gasteiger partial charge in [0.05, 0.1) is 6.42 Å². The van der Waals surface area contributed by atoms with Crippen LogP contribution in [-0.2, 0) is 4.79 Å². The lowest BCUT2D eigenvalue weighted by Crippen LogP contribution is -2.25. The topological polar surface area (TPSA) is 84.9 Å². The van der Waals surface area contributed by atoms with E-state index < -0.39 is 12.3 Å². The number of hydrogen-bond donors (Lipinski definition) is 2. The Morgan fingerprint density at radius 2 is 1.46 bits per heavy atom. The zero-order valence-electron chi connectivity index (χ0n) is 22.5. The molecule has 41 heavy (non-hydrogen) atoms. The SMILES string of the molecule is O=C(O)CCNC(=O)c1ccc(/C=C(/COc2ccc(OC(F)(F)F)cc2)c2ccc(C3CCCCC3)cc2)cc1. The van der Waals surface area contributed by atoms with Crippen molar-refractivity contribution in [2.24, 2.45) is 0 Å². The van der Waals surface area contributed by atoms with E-state index in [0.717, 1.165) is 16.7 Å². The number of nitrogens with one attached hydrogen (secondary N) is 1. The second-order valence-corrected chi connectivity index (χ2v) is 9.96. The van der Waals surface area contributed by atoms with Crippen molar-refractivity contribution in [1.29, 1.82) is 0 Å². The number of aliphatic carboxylic acids is 1. The molecule has 1 saturated carbocycles. The molecule has 3 aromatic carbocycles. The van der Waals surface area contributed by atoms with Gasteiger partial charge in [0.1, 0.15) is 18.1 Å². The maximum absolute atomic E-state index is 12.5. The van der Waals surface area contributed by atoms with E-state index in [2.05, 4.69) is 34.3 Å². The lowest BCUT2D eigenvalue weighted by Gasteiger charge is -2.22. The van der Waals surface area contributed by atoms with E-state index in [9.17, 15) is 22.8 Å². The average molecular weight is 568 g/mol. The normalized spacial score (nSPS) is 14.4. The monoisotopic (exact) mass is 567 g/mol. The molecule has 1 amide bonds. The lowest BCUT2D eigenvalue weighted by atomic mass is 9.83. The highest BCUT2D eigenvalue weighted by Crippen LogP contribution is 2.33. The third-order valence-corrected chi connectivity index (χ3v) is 6.95. The molecule has 0 atom stereocenters. The molecule has 0 radical (unpaired) electrons. The molecule has 2 N–H and O–H groups in total. The van der Waals surface area contributed by atoms with Crippen molar-refractivity contribution in [3.05, 3.63) is 95.1 Å². The van der Waals surface area contributed by atoms with Crippen LogP contribution in [0.2, 0.25) is 0 Å². The summed E-state index contributed by atoms with van der Waals surface area (Å²) in [5.41, 5.74) is 4.32. The second kappa shape index (κ2) is 13.9. The van der Waals surface area contributed by atoms with Crippen LogP contribution in [0.3, 0.4) is 0 Å². The molecule has 1 aliphatic rings. The summed E-state index contributed by atoms with van der Waals surface area (Å²) in [5.74, 6) is -0.726. The third-order valence-electron chi connectivity index (χ3n) is 6.95. The van der Waals surface area contributed by atoms with Crippen LogP contribution in [0, 0.1) is 0 Å². The highest BCUT2D eigenvalue weighted by atomic mass is 19.4. The molecular formula is C32H32F3NO5. The molecule has 9 heteroatoms. The number of amides is 1. The second-order valence-electron chi connectivity index (χ2n) is 9.96. The summed E-state index contributed by atoms with van der Waals surface area (Å²) in [7, 11) is 0. The van der Waals surface area contributed by atoms with Crippen LogP contribution in [0.25, 0.3) is 11.6 Å². The first kappa shape index (κ1) is 29.7. The Kier molecular flexibility index (Phi) is 10.1. The van der Waals surface area contributed by atoms with Crippen LogP contribution in [-0.4, -0.2) is 36.5 Å². The smallest absolute Gasteiger partial charge is 0.489 e. The first-order chi connectivity index (χ1) is 19.7. The minimum Gasteiger partial charge on any atom is -0.489 e. The van der Waals surface area contributed by atoms with Crippen molar-refractivity contribution in [3.63, 3.8) is 0 Å². The quantitative estimate of drug-likeness (QED) is 0.235. The number of benzene rings is 3. The van der Waals surface area contributed by atoms with E-state index >= 15 is 0 Å². The maximum atomic E-state index is 12.5. The summed E-state index contributed by atoms with van der Waals surface area (Å²) in [6.45, 7) is 0.192. The van der Waals surface area contributed by atoms with Gasteiger partial charge in [0.25, 0.3) is 5.91 Å². The third kappa shape index (κ3) is 9.41. The molecule has 3 aromatic rings. The van der Waals surface area contributed by atoms with Gasteiger partial charge in [0, 0.05) is 12.1 Å². The van der Waals surface area contributed by atoms with Crippen molar-refractivity contribution in [2.75, 3.05) is 13.2 Å². The van der Waals surface area contributed by atoms with Gasteiger partial charge in [-0.25, -0.2) is 0 Å². The van der Waals surface area contributed by atoms with E-state index in [1.54, 1.807) is 24.3 Å². The number of carboxylic acid groups (broad SMARTS) is 1. The molecule has 6 nitrogen and oxygen atoms in total. The van der Waals surface area contributed by atoms with Gasteiger partial charge in [-0.3, -0.25) is 9.59 Å². The zero-order valence-corrected chi connectivity index (χ0v) is 22.5. The molecular weight excluding hydrogens is 535 g/mol. The van der Waals surface area contributed by atoms with E-state index in [0.29, 0.717) is 17.2 Å². The van der Waals surface area contributed by atoms with E-state index in [-0.39, 0.29) is 31.2 Å². The summed E-state index contributed by atoms with van der Waals surface area (Å²) in [6, 6.07) is 20.5. The first-order valence-corrected chi connectivity index (χ1v) is 13.6. The first-order valence-electron chi connectivity index (χ1n) is 13.6. The molecule has 1 aliphatic carbocycles. The van der Waals surface area contributed by atoms with Crippen LogP contribution in [0.1, 0.15) is 71.5 Å². The van der Waals surface area contributed by atoms with Crippen molar-refractivity contribution >= 4 is 23.5 Å².